The maximum atomic E-state index is 14.4. The molecule has 1 aliphatic carbocycles. The second-order valence-electron chi connectivity index (χ2n) is 16.5. The maximum absolute atomic E-state index is 14.4. The number of nitro benzene ring substituents is 1. The molecule has 1 saturated carbocycles. The van der Waals surface area contributed by atoms with Gasteiger partial charge < -0.3 is 36.0 Å². The lowest BCUT2D eigenvalue weighted by Gasteiger charge is -2.36. The highest BCUT2D eigenvalue weighted by atomic mass is 16.6. The second-order valence-corrected chi connectivity index (χ2v) is 16.5. The SMILES string of the molecule is CCOC(=O)/C=C/CCC(NC(=O)c1cc(C(=O)O)cc([N+](=O)[O-])c1)C(=O)NC(C(=O)N1CC(=O)C[C@H]1C(=O)NC(C(=O)NCCC(C)C)C1CCCCC1)C(C)(C)C. The molecule has 2 aliphatic rings. The number of ether oxygens (including phenoxy) is 1. The van der Waals surface area contributed by atoms with Crippen LogP contribution in [0, 0.1) is 27.4 Å². The van der Waals surface area contributed by atoms with E-state index < -0.39 is 99.2 Å². The van der Waals surface area contributed by atoms with Crippen molar-refractivity contribution in [2.24, 2.45) is 17.3 Å². The molecule has 1 aromatic rings. The largest absolute Gasteiger partial charge is 0.478 e. The smallest absolute Gasteiger partial charge is 0.335 e. The zero-order chi connectivity index (χ0) is 44.0. The van der Waals surface area contributed by atoms with Gasteiger partial charge in [-0.25, -0.2) is 9.59 Å². The molecule has 5 amide bonds. The molecule has 5 N–H and O–H groups in total. The predicted molar refractivity (Wildman–Crippen MR) is 214 cm³/mol. The molecule has 0 aromatic heterocycles. The molecule has 1 aromatic carbocycles. The number of ketones is 1. The van der Waals surface area contributed by atoms with Crippen molar-refractivity contribution in [2.75, 3.05) is 19.7 Å². The fourth-order valence-electron chi connectivity index (χ4n) is 7.04. The summed E-state index contributed by atoms with van der Waals surface area (Å²) in [4.78, 5) is 118. The maximum Gasteiger partial charge on any atom is 0.335 e. The summed E-state index contributed by atoms with van der Waals surface area (Å²) < 4.78 is 4.87. The fourth-order valence-corrected chi connectivity index (χ4v) is 7.04. The second kappa shape index (κ2) is 21.9. The highest BCUT2D eigenvalue weighted by Crippen LogP contribution is 2.29. The van der Waals surface area contributed by atoms with Crippen LogP contribution in [0.25, 0.3) is 0 Å². The molecule has 4 atom stereocenters. The van der Waals surface area contributed by atoms with Gasteiger partial charge in [0, 0.05) is 36.7 Å². The molecule has 2 fully saturated rings. The van der Waals surface area contributed by atoms with Crippen molar-refractivity contribution in [3.63, 3.8) is 0 Å². The molecule has 3 rings (SSSR count). The number of allylic oxidation sites excluding steroid dienone is 1. The van der Waals surface area contributed by atoms with E-state index in [0.717, 1.165) is 67.7 Å². The molecule has 1 heterocycles. The molecule has 59 heavy (non-hydrogen) atoms. The minimum Gasteiger partial charge on any atom is -0.478 e. The van der Waals surface area contributed by atoms with Gasteiger partial charge in [0.25, 0.3) is 11.6 Å². The average molecular weight is 827 g/mol. The Morgan fingerprint density at radius 1 is 0.966 bits per heavy atom. The lowest BCUT2D eigenvalue weighted by molar-refractivity contribution is -0.384. The summed E-state index contributed by atoms with van der Waals surface area (Å²) in [5.41, 5.74) is -2.68. The average Bonchev–Trinajstić information content (AvgIpc) is 3.57. The number of carboxylic acid groups (broad SMARTS) is 1. The van der Waals surface area contributed by atoms with E-state index in [0.29, 0.717) is 12.5 Å². The zero-order valence-corrected chi connectivity index (χ0v) is 34.7. The van der Waals surface area contributed by atoms with Gasteiger partial charge in [0.15, 0.2) is 5.78 Å². The molecule has 18 heteroatoms. The van der Waals surface area contributed by atoms with Gasteiger partial charge in [0.2, 0.25) is 23.6 Å². The third-order valence-electron chi connectivity index (χ3n) is 10.3. The van der Waals surface area contributed by atoms with Crippen molar-refractivity contribution in [3.8, 4) is 0 Å². The van der Waals surface area contributed by atoms with Crippen LogP contribution < -0.4 is 21.3 Å². The van der Waals surface area contributed by atoms with Crippen LogP contribution in [0.15, 0.2) is 30.4 Å². The van der Waals surface area contributed by atoms with Gasteiger partial charge >= 0.3 is 11.9 Å². The number of non-ortho nitro benzene ring substituents is 1. The first kappa shape index (κ1) is 47.7. The van der Waals surface area contributed by atoms with Crippen molar-refractivity contribution in [1.29, 1.82) is 0 Å². The quantitative estimate of drug-likeness (QED) is 0.0583. The number of esters is 1. The first-order valence-corrected chi connectivity index (χ1v) is 20.1. The van der Waals surface area contributed by atoms with E-state index in [-0.39, 0.29) is 37.7 Å². The summed E-state index contributed by atoms with van der Waals surface area (Å²) in [6.45, 7) is 10.7. The van der Waals surface area contributed by atoms with Crippen molar-refractivity contribution < 1.29 is 53.1 Å². The van der Waals surface area contributed by atoms with E-state index >= 15 is 0 Å². The Kier molecular flexibility index (Phi) is 17.7. The highest BCUT2D eigenvalue weighted by Gasteiger charge is 2.46. The Morgan fingerprint density at radius 2 is 1.63 bits per heavy atom. The van der Waals surface area contributed by atoms with Crippen LogP contribution in [-0.4, -0.2) is 106 Å². The number of benzene rings is 1. The van der Waals surface area contributed by atoms with Gasteiger partial charge in [-0.05, 0) is 62.3 Å². The number of nitro groups is 1. The Labute approximate surface area is 343 Å². The Balaban J connectivity index is 1.90. The van der Waals surface area contributed by atoms with Gasteiger partial charge in [-0.3, -0.25) is 38.9 Å². The van der Waals surface area contributed by atoms with Crippen molar-refractivity contribution in [2.45, 2.75) is 123 Å². The molecule has 324 valence electrons. The van der Waals surface area contributed by atoms with Crippen LogP contribution in [-0.2, 0) is 33.5 Å². The molecular weight excluding hydrogens is 768 g/mol. The monoisotopic (exact) mass is 826 g/mol. The van der Waals surface area contributed by atoms with E-state index in [1.807, 2.05) is 13.8 Å². The number of rotatable bonds is 19. The summed E-state index contributed by atoms with van der Waals surface area (Å²) in [5.74, 6) is -6.05. The minimum atomic E-state index is -1.53. The molecule has 1 aliphatic heterocycles. The molecule has 1 saturated heterocycles. The summed E-state index contributed by atoms with van der Waals surface area (Å²) in [5, 5.41) is 31.9. The minimum absolute atomic E-state index is 0.0245. The Bertz CT molecular complexity index is 1750. The standard InChI is InChI=1S/C41H58N6O12/c1-7-59-32(49)16-12-11-15-30(43-35(50)26-19-27(40(55)56)21-28(20-26)47(57)58)36(51)45-34(41(4,5)6)39(54)46-23-29(48)22-31(46)37(52)44-33(25-13-9-8-10-14-25)38(53)42-18-17-24(2)3/h12,16,19-21,24-25,30-31,33-34H,7-11,13-15,17-18,22-23H2,1-6H3,(H,42,53)(H,43,50)(H,44,52)(H,45,51)(H,55,56)/b16-12+/t30?,31-,33?,34?/m0/s1. The summed E-state index contributed by atoms with van der Waals surface area (Å²) >= 11 is 0. The number of hydrogen-bond donors (Lipinski definition) is 5. The van der Waals surface area contributed by atoms with Crippen LogP contribution in [0.3, 0.4) is 0 Å². The van der Waals surface area contributed by atoms with Gasteiger partial charge in [-0.1, -0.05) is 60.0 Å². The molecule has 0 bridgehead atoms. The first-order chi connectivity index (χ1) is 27.7. The zero-order valence-electron chi connectivity index (χ0n) is 34.7. The molecular formula is C41H58N6O12. The first-order valence-electron chi connectivity index (χ1n) is 20.1. The normalized spacial score (nSPS) is 17.5. The van der Waals surface area contributed by atoms with Crippen LogP contribution in [0.5, 0.6) is 0 Å². The predicted octanol–water partition coefficient (Wildman–Crippen LogP) is 3.22. The van der Waals surface area contributed by atoms with Crippen molar-refractivity contribution in [3.05, 3.63) is 51.6 Å². The van der Waals surface area contributed by atoms with Crippen LogP contribution >= 0.6 is 0 Å². The number of nitrogens with zero attached hydrogens (tertiary/aromatic N) is 2. The van der Waals surface area contributed by atoms with E-state index in [1.165, 1.54) is 6.08 Å². The number of carbonyl (C=O) groups excluding carboxylic acids is 7. The van der Waals surface area contributed by atoms with Gasteiger partial charge in [0.1, 0.15) is 24.2 Å². The van der Waals surface area contributed by atoms with Crippen LogP contribution in [0.2, 0.25) is 0 Å². The van der Waals surface area contributed by atoms with Crippen LogP contribution in [0.4, 0.5) is 5.69 Å². The van der Waals surface area contributed by atoms with Crippen molar-refractivity contribution >= 4 is 52.9 Å². The number of aromatic carboxylic acids is 1. The van der Waals surface area contributed by atoms with E-state index in [4.69, 9.17) is 4.74 Å². The van der Waals surface area contributed by atoms with Gasteiger partial charge in [-0.15, -0.1) is 0 Å². The highest BCUT2D eigenvalue weighted by molar-refractivity contribution is 6.03. The van der Waals surface area contributed by atoms with E-state index in [9.17, 15) is 53.6 Å². The molecule has 3 unspecified atom stereocenters. The molecule has 0 spiro atoms. The summed E-state index contributed by atoms with van der Waals surface area (Å²) in [7, 11) is 0. The Morgan fingerprint density at radius 3 is 2.22 bits per heavy atom. The van der Waals surface area contributed by atoms with Crippen molar-refractivity contribution in [1.82, 2.24) is 26.2 Å². The Hall–Kier alpha value is -5.68. The van der Waals surface area contributed by atoms with E-state index in [2.05, 4.69) is 21.3 Å². The van der Waals surface area contributed by atoms with Gasteiger partial charge in [-0.2, -0.15) is 0 Å². The summed E-state index contributed by atoms with van der Waals surface area (Å²) in [6, 6.07) is -2.42. The molecule has 18 nitrogen and oxygen atoms in total. The fraction of sp³-hybridized carbons (Fsp3) is 0.610. The number of hydrogen-bond acceptors (Lipinski definition) is 11. The number of carboxylic acids is 1. The number of amides is 5. The number of carbonyl (C=O) groups is 8. The number of Topliss-reactive ketones (excluding diaryl/α,β-unsaturated/α-hetero) is 1. The third kappa shape index (κ3) is 14.3. The number of nitrogens with one attached hydrogen (secondary N) is 4. The third-order valence-corrected chi connectivity index (χ3v) is 10.3. The van der Waals surface area contributed by atoms with E-state index in [1.54, 1.807) is 27.7 Å². The number of likely N-dealkylation sites (tertiary alicyclic amines) is 1. The lowest BCUT2D eigenvalue weighted by Crippen LogP contribution is -2.61. The lowest BCUT2D eigenvalue weighted by atomic mass is 9.83. The van der Waals surface area contributed by atoms with Crippen LogP contribution in [0.1, 0.15) is 120 Å². The molecule has 0 radical (unpaired) electrons. The van der Waals surface area contributed by atoms with Gasteiger partial charge in [0.05, 0.1) is 23.6 Å². The summed E-state index contributed by atoms with van der Waals surface area (Å²) in [6.07, 6.45) is 7.10. The topological polar surface area (TPSA) is 261 Å².